The van der Waals surface area contributed by atoms with Gasteiger partial charge >= 0.3 is 0 Å². The molecule has 11 heavy (non-hydrogen) atoms. The van der Waals surface area contributed by atoms with Crippen molar-refractivity contribution in [1.82, 2.24) is 10.1 Å². The maximum Gasteiger partial charge on any atom is 0.283 e. The predicted molar refractivity (Wildman–Crippen MR) is 35.6 cm³/mol. The van der Waals surface area contributed by atoms with Gasteiger partial charge in [-0.25, -0.2) is 0 Å². The first-order valence-corrected chi connectivity index (χ1v) is 3.34. The third kappa shape index (κ3) is 1.99. The van der Waals surface area contributed by atoms with Crippen molar-refractivity contribution in [3.63, 3.8) is 0 Å². The summed E-state index contributed by atoms with van der Waals surface area (Å²) in [6, 6.07) is 0. The Balaban J connectivity index is 2.60. The van der Waals surface area contributed by atoms with Gasteiger partial charge < -0.3 is 14.4 Å². The number of rotatable bonds is 3. The van der Waals surface area contributed by atoms with Gasteiger partial charge in [0.15, 0.2) is 5.82 Å². The number of hydrogen-bond donors (Lipinski definition) is 1. The molecule has 5 heteroatoms. The smallest absolute Gasteiger partial charge is 0.283 e. The minimum atomic E-state index is -1.10. The third-order valence-electron chi connectivity index (χ3n) is 1.08. The van der Waals surface area contributed by atoms with Crippen LogP contribution >= 0.6 is 0 Å². The SMILES string of the molecule is CCOC(O)c1nc(C)no1. The molecule has 1 heterocycles. The van der Waals surface area contributed by atoms with Crippen LogP contribution in [-0.4, -0.2) is 21.9 Å². The van der Waals surface area contributed by atoms with Crippen molar-refractivity contribution in [1.29, 1.82) is 0 Å². The summed E-state index contributed by atoms with van der Waals surface area (Å²) in [7, 11) is 0. The Kier molecular flexibility index (Phi) is 2.56. The lowest BCUT2D eigenvalue weighted by molar-refractivity contribution is -0.115. The predicted octanol–water partition coefficient (Wildman–Crippen LogP) is 0.405. The summed E-state index contributed by atoms with van der Waals surface area (Å²) in [4.78, 5) is 3.78. The standard InChI is InChI=1S/C6H10N2O3/c1-3-10-6(9)5-7-4(2)8-11-5/h6,9H,3H2,1-2H3. The Bertz CT molecular complexity index is 223. The molecule has 0 spiro atoms. The maximum atomic E-state index is 9.12. The Morgan fingerprint density at radius 1 is 1.73 bits per heavy atom. The third-order valence-corrected chi connectivity index (χ3v) is 1.08. The van der Waals surface area contributed by atoms with Crippen LogP contribution in [0.3, 0.4) is 0 Å². The highest BCUT2D eigenvalue weighted by Gasteiger charge is 2.13. The van der Waals surface area contributed by atoms with Crippen LogP contribution in [0.2, 0.25) is 0 Å². The van der Waals surface area contributed by atoms with Crippen molar-refractivity contribution in [3.05, 3.63) is 11.7 Å². The Morgan fingerprint density at radius 2 is 2.45 bits per heavy atom. The molecule has 0 aliphatic heterocycles. The molecular formula is C6H10N2O3. The second kappa shape index (κ2) is 3.45. The van der Waals surface area contributed by atoms with E-state index in [0.717, 1.165) is 0 Å². The number of hydrogen-bond acceptors (Lipinski definition) is 5. The molecule has 0 radical (unpaired) electrons. The van der Waals surface area contributed by atoms with Crippen LogP contribution < -0.4 is 0 Å². The molecule has 1 aromatic heterocycles. The van der Waals surface area contributed by atoms with E-state index in [-0.39, 0.29) is 5.89 Å². The molecule has 1 N–H and O–H groups in total. The molecule has 0 aliphatic carbocycles. The minimum absolute atomic E-state index is 0.101. The second-order valence-electron chi connectivity index (χ2n) is 1.99. The normalized spacial score (nSPS) is 13.4. The van der Waals surface area contributed by atoms with Crippen LogP contribution in [-0.2, 0) is 4.74 Å². The molecule has 1 rings (SSSR count). The zero-order chi connectivity index (χ0) is 8.27. The van der Waals surface area contributed by atoms with Gasteiger partial charge in [-0.1, -0.05) is 5.16 Å². The molecule has 1 atom stereocenters. The van der Waals surface area contributed by atoms with Gasteiger partial charge in [0, 0.05) is 6.61 Å². The fraction of sp³-hybridized carbons (Fsp3) is 0.667. The molecule has 0 fully saturated rings. The van der Waals surface area contributed by atoms with Gasteiger partial charge in [0.1, 0.15) is 0 Å². The van der Waals surface area contributed by atoms with Crippen LogP contribution in [0.1, 0.15) is 24.9 Å². The summed E-state index contributed by atoms with van der Waals surface area (Å²) in [5.74, 6) is 0.586. The Morgan fingerprint density at radius 3 is 2.91 bits per heavy atom. The molecule has 0 amide bonds. The quantitative estimate of drug-likeness (QED) is 0.645. The molecule has 5 nitrogen and oxygen atoms in total. The topological polar surface area (TPSA) is 68.4 Å². The monoisotopic (exact) mass is 158 g/mol. The van der Waals surface area contributed by atoms with E-state index in [0.29, 0.717) is 12.4 Å². The number of aryl methyl sites for hydroxylation is 1. The maximum absolute atomic E-state index is 9.12. The van der Waals surface area contributed by atoms with E-state index < -0.39 is 6.29 Å². The van der Waals surface area contributed by atoms with E-state index in [2.05, 4.69) is 14.7 Å². The van der Waals surface area contributed by atoms with Gasteiger partial charge in [-0.2, -0.15) is 4.98 Å². The number of nitrogens with zero attached hydrogens (tertiary/aromatic N) is 2. The number of ether oxygens (including phenoxy) is 1. The average molecular weight is 158 g/mol. The van der Waals surface area contributed by atoms with Crippen molar-refractivity contribution in [2.75, 3.05) is 6.61 Å². The van der Waals surface area contributed by atoms with Crippen LogP contribution in [0.5, 0.6) is 0 Å². The summed E-state index contributed by atoms with van der Waals surface area (Å²) in [5.41, 5.74) is 0. The first-order valence-electron chi connectivity index (χ1n) is 3.34. The molecule has 62 valence electrons. The molecule has 0 bridgehead atoms. The lowest BCUT2D eigenvalue weighted by Crippen LogP contribution is -2.02. The van der Waals surface area contributed by atoms with E-state index in [1.54, 1.807) is 13.8 Å². The summed E-state index contributed by atoms with van der Waals surface area (Å²) in [6.45, 7) is 3.85. The fourth-order valence-electron chi connectivity index (χ4n) is 0.643. The van der Waals surface area contributed by atoms with E-state index >= 15 is 0 Å². The van der Waals surface area contributed by atoms with Gasteiger partial charge in [-0.3, -0.25) is 0 Å². The van der Waals surface area contributed by atoms with Crippen LogP contribution in [0.15, 0.2) is 4.52 Å². The number of aliphatic hydroxyl groups excluding tert-OH is 1. The van der Waals surface area contributed by atoms with Gasteiger partial charge in [0.25, 0.3) is 5.89 Å². The van der Waals surface area contributed by atoms with Crippen molar-refractivity contribution < 1.29 is 14.4 Å². The van der Waals surface area contributed by atoms with Crippen LogP contribution in [0, 0.1) is 6.92 Å². The molecule has 0 aliphatic rings. The largest absolute Gasteiger partial charge is 0.360 e. The highest BCUT2D eigenvalue weighted by Crippen LogP contribution is 2.10. The first kappa shape index (κ1) is 8.16. The lowest BCUT2D eigenvalue weighted by atomic mass is 10.6. The van der Waals surface area contributed by atoms with Gasteiger partial charge in [0.2, 0.25) is 6.29 Å². The number of aromatic nitrogens is 2. The van der Waals surface area contributed by atoms with Crippen LogP contribution in [0.25, 0.3) is 0 Å². The fourth-order valence-corrected chi connectivity index (χ4v) is 0.643. The minimum Gasteiger partial charge on any atom is -0.360 e. The lowest BCUT2D eigenvalue weighted by Gasteiger charge is -2.02. The summed E-state index contributed by atoms with van der Waals surface area (Å²) in [5, 5.41) is 12.6. The molecule has 0 aromatic carbocycles. The second-order valence-corrected chi connectivity index (χ2v) is 1.99. The molecule has 1 unspecified atom stereocenters. The van der Waals surface area contributed by atoms with Gasteiger partial charge in [-0.05, 0) is 13.8 Å². The van der Waals surface area contributed by atoms with Gasteiger partial charge in [-0.15, -0.1) is 0 Å². The molecule has 1 aromatic rings. The Labute approximate surface area is 64.0 Å². The highest BCUT2D eigenvalue weighted by molar-refractivity contribution is 4.83. The van der Waals surface area contributed by atoms with Crippen molar-refractivity contribution in [2.45, 2.75) is 20.1 Å². The summed E-state index contributed by atoms with van der Waals surface area (Å²) >= 11 is 0. The molecule has 0 saturated carbocycles. The highest BCUT2D eigenvalue weighted by atomic mass is 16.6. The van der Waals surface area contributed by atoms with Crippen molar-refractivity contribution >= 4 is 0 Å². The molecule has 0 saturated heterocycles. The van der Waals surface area contributed by atoms with E-state index in [9.17, 15) is 0 Å². The number of aliphatic hydroxyl groups is 1. The van der Waals surface area contributed by atoms with Gasteiger partial charge in [0.05, 0.1) is 0 Å². The van der Waals surface area contributed by atoms with E-state index in [1.807, 2.05) is 0 Å². The Hall–Kier alpha value is -0.940. The van der Waals surface area contributed by atoms with Crippen LogP contribution in [0.4, 0.5) is 0 Å². The van der Waals surface area contributed by atoms with Crippen molar-refractivity contribution in [3.8, 4) is 0 Å². The first-order chi connectivity index (χ1) is 5.24. The summed E-state index contributed by atoms with van der Waals surface area (Å²) < 4.78 is 9.44. The van der Waals surface area contributed by atoms with E-state index in [4.69, 9.17) is 9.84 Å². The van der Waals surface area contributed by atoms with Crippen molar-refractivity contribution in [2.24, 2.45) is 0 Å². The summed E-state index contributed by atoms with van der Waals surface area (Å²) in [6.07, 6.45) is -1.10. The average Bonchev–Trinajstić information content (AvgIpc) is 2.36. The van der Waals surface area contributed by atoms with E-state index in [1.165, 1.54) is 0 Å². The molecular weight excluding hydrogens is 148 g/mol. The zero-order valence-electron chi connectivity index (χ0n) is 6.44. The zero-order valence-corrected chi connectivity index (χ0v) is 6.44.